The Morgan fingerprint density at radius 2 is 1.52 bits per heavy atom. The number of alkyl halides is 6. The van der Waals surface area contributed by atoms with E-state index in [2.05, 4.69) is 9.68 Å². The van der Waals surface area contributed by atoms with Crippen molar-refractivity contribution in [2.24, 2.45) is 0 Å². The molecule has 0 fully saturated rings. The van der Waals surface area contributed by atoms with E-state index in [9.17, 15) is 39.2 Å². The Kier molecular flexibility index (Phi) is 5.41. The summed E-state index contributed by atoms with van der Waals surface area (Å²) in [6, 6.07) is 4.96. The molecule has 12 heteroatoms. The van der Waals surface area contributed by atoms with E-state index in [0.717, 1.165) is 24.3 Å². The van der Waals surface area contributed by atoms with Crippen molar-refractivity contribution in [1.82, 2.24) is 5.16 Å². The fourth-order valence-corrected chi connectivity index (χ4v) is 3.71. The molecule has 0 amide bonds. The van der Waals surface area contributed by atoms with Gasteiger partial charge in [-0.2, -0.15) is 26.3 Å². The molecule has 0 atom stereocenters. The highest BCUT2D eigenvalue weighted by atomic mass is 32.2. The molecule has 3 aromatic rings. The van der Waals surface area contributed by atoms with E-state index in [-0.39, 0.29) is 11.1 Å². The normalized spacial score (nSPS) is 12.9. The zero-order valence-electron chi connectivity index (χ0n) is 15.7. The minimum absolute atomic E-state index is 0.166. The van der Waals surface area contributed by atoms with E-state index >= 15 is 0 Å². The van der Waals surface area contributed by atoms with E-state index in [0.29, 0.717) is 18.4 Å². The van der Waals surface area contributed by atoms with Gasteiger partial charge in [0, 0.05) is 11.8 Å². The van der Waals surface area contributed by atoms with Gasteiger partial charge in [0.05, 0.1) is 11.1 Å². The zero-order valence-corrected chi connectivity index (χ0v) is 16.5. The lowest BCUT2D eigenvalue weighted by atomic mass is 9.96. The molecule has 3 rings (SSSR count). The number of nitrogens with zero attached hydrogens (tertiary/aromatic N) is 1. The smallest absolute Gasteiger partial charge is 0.350 e. The van der Waals surface area contributed by atoms with Crippen LogP contribution in [-0.4, -0.2) is 19.8 Å². The van der Waals surface area contributed by atoms with Gasteiger partial charge in [0.25, 0.3) is 0 Å². The summed E-state index contributed by atoms with van der Waals surface area (Å²) in [4.78, 5) is -0.752. The van der Waals surface area contributed by atoms with E-state index in [1.54, 1.807) is 0 Å². The zero-order chi connectivity index (χ0) is 23.4. The van der Waals surface area contributed by atoms with Crippen LogP contribution in [0.1, 0.15) is 16.9 Å². The molecule has 2 aromatic carbocycles. The molecule has 4 nitrogen and oxygen atoms in total. The topological polar surface area (TPSA) is 60.2 Å². The SMILES string of the molecule is Cc1ccc(-c2noc(C(F)(F)F)c2-c2ccc(S(C)(=O)=O)c(F)c2)cc1C(F)(F)F. The van der Waals surface area contributed by atoms with Crippen molar-refractivity contribution in [3.8, 4) is 22.4 Å². The molecule has 0 aliphatic rings. The summed E-state index contributed by atoms with van der Waals surface area (Å²) in [5, 5.41) is 3.28. The standard InChI is InChI=1S/C19H12F7NO3S/c1-9-3-4-11(7-12(9)18(21,22)23)16-15(17(30-27-16)19(24,25)26)10-5-6-14(13(20)8-10)31(2,28)29/h3-8H,1-2H3. The van der Waals surface area contributed by atoms with Gasteiger partial charge in [-0.3, -0.25) is 0 Å². The summed E-state index contributed by atoms with van der Waals surface area (Å²) in [6.07, 6.45) is -9.17. The van der Waals surface area contributed by atoms with Crippen LogP contribution < -0.4 is 0 Å². The van der Waals surface area contributed by atoms with Gasteiger partial charge in [0.1, 0.15) is 16.4 Å². The number of hydrogen-bond acceptors (Lipinski definition) is 4. The Balaban J connectivity index is 2.30. The first-order valence-corrected chi connectivity index (χ1v) is 10.2. The average molecular weight is 467 g/mol. The molecule has 1 heterocycles. The Bertz CT molecular complexity index is 1260. The maximum atomic E-state index is 14.3. The summed E-state index contributed by atoms with van der Waals surface area (Å²) in [6.45, 7) is 1.18. The highest BCUT2D eigenvalue weighted by Gasteiger charge is 2.41. The number of benzene rings is 2. The molecule has 0 bridgehead atoms. The number of aromatic nitrogens is 1. The van der Waals surface area contributed by atoms with E-state index in [4.69, 9.17) is 0 Å². The first-order valence-electron chi connectivity index (χ1n) is 8.35. The lowest BCUT2D eigenvalue weighted by Gasteiger charge is -2.12. The van der Waals surface area contributed by atoms with Crippen LogP contribution in [-0.2, 0) is 22.2 Å². The molecular formula is C19H12F7NO3S. The quantitative estimate of drug-likeness (QED) is 0.451. The molecule has 1 aromatic heterocycles. The summed E-state index contributed by atoms with van der Waals surface area (Å²) in [5.41, 5.74) is -3.50. The first-order chi connectivity index (χ1) is 14.1. The average Bonchev–Trinajstić information content (AvgIpc) is 3.05. The van der Waals surface area contributed by atoms with Crippen LogP contribution in [0.5, 0.6) is 0 Å². The fraction of sp³-hybridized carbons (Fsp3) is 0.211. The summed E-state index contributed by atoms with van der Waals surface area (Å²) in [7, 11) is -4.01. The lowest BCUT2D eigenvalue weighted by molar-refractivity contribution is -0.155. The van der Waals surface area contributed by atoms with Crippen LogP contribution in [0, 0.1) is 12.7 Å². The van der Waals surface area contributed by atoms with Crippen molar-refractivity contribution in [3.05, 3.63) is 59.1 Å². The monoisotopic (exact) mass is 467 g/mol. The molecule has 166 valence electrons. The van der Waals surface area contributed by atoms with Gasteiger partial charge in [0.2, 0.25) is 5.76 Å². The Hall–Kier alpha value is -2.89. The van der Waals surface area contributed by atoms with Gasteiger partial charge in [-0.1, -0.05) is 23.4 Å². The summed E-state index contributed by atoms with van der Waals surface area (Å²) >= 11 is 0. The Labute approximate surface area is 171 Å². The molecule has 0 saturated carbocycles. The number of sulfone groups is 1. The van der Waals surface area contributed by atoms with Crippen molar-refractivity contribution in [2.45, 2.75) is 24.2 Å². The predicted octanol–water partition coefficient (Wildman–Crippen LogP) is 5.90. The van der Waals surface area contributed by atoms with Crippen molar-refractivity contribution >= 4 is 9.84 Å². The van der Waals surface area contributed by atoms with Crippen LogP contribution in [0.3, 0.4) is 0 Å². The number of hydrogen-bond donors (Lipinski definition) is 0. The molecule has 0 radical (unpaired) electrons. The lowest BCUT2D eigenvalue weighted by Crippen LogP contribution is -2.08. The van der Waals surface area contributed by atoms with E-state index in [1.807, 2.05) is 0 Å². The van der Waals surface area contributed by atoms with Crippen LogP contribution in [0.4, 0.5) is 30.7 Å². The van der Waals surface area contributed by atoms with E-state index < -0.39 is 61.0 Å². The number of rotatable bonds is 3. The van der Waals surface area contributed by atoms with E-state index in [1.165, 1.54) is 6.92 Å². The van der Waals surface area contributed by atoms with Gasteiger partial charge in [-0.05, 0) is 36.2 Å². The van der Waals surface area contributed by atoms with Crippen LogP contribution >= 0.6 is 0 Å². The predicted molar refractivity (Wildman–Crippen MR) is 95.2 cm³/mol. The first kappa shape index (κ1) is 22.8. The number of halogens is 7. The van der Waals surface area contributed by atoms with Crippen LogP contribution in [0.15, 0.2) is 45.8 Å². The maximum absolute atomic E-state index is 14.3. The van der Waals surface area contributed by atoms with Crippen molar-refractivity contribution < 1.29 is 43.7 Å². The van der Waals surface area contributed by atoms with Crippen LogP contribution in [0.2, 0.25) is 0 Å². The van der Waals surface area contributed by atoms with Gasteiger partial charge in [-0.15, -0.1) is 0 Å². The number of aryl methyl sites for hydroxylation is 1. The second kappa shape index (κ2) is 7.36. The van der Waals surface area contributed by atoms with Gasteiger partial charge >= 0.3 is 12.4 Å². The molecule has 0 spiro atoms. The second-order valence-electron chi connectivity index (χ2n) is 6.68. The third-order valence-corrected chi connectivity index (χ3v) is 5.52. The van der Waals surface area contributed by atoms with Crippen molar-refractivity contribution in [3.63, 3.8) is 0 Å². The van der Waals surface area contributed by atoms with Crippen LogP contribution in [0.25, 0.3) is 22.4 Å². The Morgan fingerprint density at radius 3 is 2.03 bits per heavy atom. The third kappa shape index (κ3) is 4.43. The fourth-order valence-electron chi connectivity index (χ4n) is 2.98. The van der Waals surface area contributed by atoms with Gasteiger partial charge < -0.3 is 4.52 Å². The third-order valence-electron chi connectivity index (χ3n) is 4.39. The van der Waals surface area contributed by atoms with Gasteiger partial charge in [0.15, 0.2) is 9.84 Å². The minimum atomic E-state index is -5.11. The molecule has 0 N–H and O–H groups in total. The molecule has 31 heavy (non-hydrogen) atoms. The van der Waals surface area contributed by atoms with Crippen molar-refractivity contribution in [2.75, 3.05) is 6.26 Å². The highest BCUT2D eigenvalue weighted by molar-refractivity contribution is 7.90. The Morgan fingerprint density at radius 1 is 0.903 bits per heavy atom. The van der Waals surface area contributed by atoms with Gasteiger partial charge in [-0.25, -0.2) is 12.8 Å². The molecule has 0 aliphatic carbocycles. The molecule has 0 aliphatic heterocycles. The minimum Gasteiger partial charge on any atom is -0.350 e. The maximum Gasteiger partial charge on any atom is 0.453 e. The second-order valence-corrected chi connectivity index (χ2v) is 8.66. The largest absolute Gasteiger partial charge is 0.453 e. The van der Waals surface area contributed by atoms with Crippen molar-refractivity contribution in [1.29, 1.82) is 0 Å². The molecule has 0 unspecified atom stereocenters. The molecular weight excluding hydrogens is 455 g/mol. The highest BCUT2D eigenvalue weighted by Crippen LogP contribution is 2.44. The molecule has 0 saturated heterocycles. The summed E-state index contributed by atoms with van der Waals surface area (Å²) < 4.78 is 122. The summed E-state index contributed by atoms with van der Waals surface area (Å²) in [5.74, 6) is -3.00.